The number of benzene rings is 1. The SMILES string of the molecule is C[S@](=O)(=N/C=C(\C#N)C(=O)c1cccs1)c1ccc(Cl)cc1. The molecule has 112 valence electrons. The van der Waals surface area contributed by atoms with Crippen molar-refractivity contribution in [3.63, 3.8) is 0 Å². The Morgan fingerprint density at radius 3 is 2.59 bits per heavy atom. The Bertz CT molecular complexity index is 869. The van der Waals surface area contributed by atoms with Crippen LogP contribution in [0.5, 0.6) is 0 Å². The molecule has 1 atom stereocenters. The second-order valence-electron chi connectivity index (χ2n) is 4.32. The summed E-state index contributed by atoms with van der Waals surface area (Å²) in [5.74, 6) is -0.424. The monoisotopic (exact) mass is 350 g/mol. The lowest BCUT2D eigenvalue weighted by atomic mass is 10.2. The number of nitrogens with zero attached hydrogens (tertiary/aromatic N) is 2. The van der Waals surface area contributed by atoms with Crippen molar-refractivity contribution in [3.8, 4) is 6.07 Å². The number of halogens is 1. The molecule has 4 nitrogen and oxygen atoms in total. The minimum absolute atomic E-state index is 0.147. The number of ketones is 1. The van der Waals surface area contributed by atoms with Crippen LogP contribution in [-0.2, 0) is 9.73 Å². The summed E-state index contributed by atoms with van der Waals surface area (Å²) in [7, 11) is -2.74. The minimum Gasteiger partial charge on any atom is -0.287 e. The van der Waals surface area contributed by atoms with Gasteiger partial charge in [-0.2, -0.15) is 5.26 Å². The maximum atomic E-state index is 12.6. The first kappa shape index (κ1) is 16.4. The van der Waals surface area contributed by atoms with E-state index in [-0.39, 0.29) is 5.57 Å². The molecule has 2 aromatic rings. The molecule has 2 rings (SSSR count). The van der Waals surface area contributed by atoms with Crippen LogP contribution in [0.4, 0.5) is 0 Å². The Morgan fingerprint density at radius 2 is 2.05 bits per heavy atom. The van der Waals surface area contributed by atoms with Crippen molar-refractivity contribution < 1.29 is 9.00 Å². The fraction of sp³-hybridized carbons (Fsp3) is 0.0667. The van der Waals surface area contributed by atoms with Crippen molar-refractivity contribution in [2.75, 3.05) is 6.26 Å². The molecule has 0 aliphatic heterocycles. The van der Waals surface area contributed by atoms with E-state index in [1.165, 1.54) is 17.6 Å². The number of carbonyl (C=O) groups is 1. The van der Waals surface area contributed by atoms with E-state index in [1.54, 1.807) is 47.8 Å². The van der Waals surface area contributed by atoms with E-state index in [4.69, 9.17) is 16.9 Å². The van der Waals surface area contributed by atoms with Gasteiger partial charge >= 0.3 is 0 Å². The van der Waals surface area contributed by atoms with Crippen LogP contribution in [0.25, 0.3) is 0 Å². The summed E-state index contributed by atoms with van der Waals surface area (Å²) in [6.07, 6.45) is 2.52. The van der Waals surface area contributed by atoms with Crippen molar-refractivity contribution in [2.45, 2.75) is 4.90 Å². The molecular formula is C15H11ClN2O2S2. The molecule has 0 amide bonds. The topological polar surface area (TPSA) is 70.3 Å². The molecule has 1 aromatic heterocycles. The normalized spacial score (nSPS) is 14.0. The van der Waals surface area contributed by atoms with E-state index in [9.17, 15) is 9.00 Å². The summed E-state index contributed by atoms with van der Waals surface area (Å²) in [6, 6.07) is 11.6. The Morgan fingerprint density at radius 1 is 1.36 bits per heavy atom. The van der Waals surface area contributed by atoms with E-state index in [0.717, 1.165) is 6.20 Å². The average molecular weight is 351 g/mol. The Kier molecular flexibility index (Phi) is 5.14. The molecule has 7 heteroatoms. The van der Waals surface area contributed by atoms with Crippen molar-refractivity contribution >= 4 is 38.4 Å². The van der Waals surface area contributed by atoms with Gasteiger partial charge in [0.1, 0.15) is 11.6 Å². The van der Waals surface area contributed by atoms with E-state index < -0.39 is 15.5 Å². The molecule has 0 spiro atoms. The number of allylic oxidation sites excluding steroid dienone is 1. The molecule has 1 heterocycles. The first-order valence-corrected chi connectivity index (χ1v) is 9.27. The molecule has 0 saturated heterocycles. The third-order valence-corrected chi connectivity index (χ3v) is 5.52. The summed E-state index contributed by atoms with van der Waals surface area (Å²) in [4.78, 5) is 13.0. The van der Waals surface area contributed by atoms with Gasteiger partial charge in [0.15, 0.2) is 0 Å². The van der Waals surface area contributed by atoms with Gasteiger partial charge in [-0.25, -0.2) is 8.57 Å². The van der Waals surface area contributed by atoms with Gasteiger partial charge in [0, 0.05) is 16.2 Å². The standard InChI is InChI=1S/C15H11ClN2O2S2/c1-22(20,13-6-4-12(16)5-7-13)18-10-11(9-17)15(19)14-3-2-8-21-14/h2-8,10H,1H3/b11-10+/t22-/m1/s1. The molecule has 22 heavy (non-hydrogen) atoms. The lowest BCUT2D eigenvalue weighted by Gasteiger charge is -2.03. The quantitative estimate of drug-likeness (QED) is 0.472. The molecule has 0 radical (unpaired) electrons. The molecule has 0 aliphatic rings. The first-order chi connectivity index (χ1) is 10.4. The molecule has 1 aromatic carbocycles. The van der Waals surface area contributed by atoms with E-state index in [0.29, 0.717) is 14.8 Å². The van der Waals surface area contributed by atoms with E-state index in [1.807, 2.05) is 0 Å². The average Bonchev–Trinajstić information content (AvgIpc) is 3.02. The van der Waals surface area contributed by atoms with Crippen LogP contribution >= 0.6 is 22.9 Å². The van der Waals surface area contributed by atoms with E-state index >= 15 is 0 Å². The highest BCUT2D eigenvalue weighted by atomic mass is 35.5. The summed E-state index contributed by atoms with van der Waals surface area (Å²) < 4.78 is 16.5. The van der Waals surface area contributed by atoms with E-state index in [2.05, 4.69) is 4.36 Å². The molecular weight excluding hydrogens is 340 g/mol. The van der Waals surface area contributed by atoms with Crippen molar-refractivity contribution in [1.82, 2.24) is 0 Å². The summed E-state index contributed by atoms with van der Waals surface area (Å²) in [6.45, 7) is 0. The largest absolute Gasteiger partial charge is 0.287 e. The molecule has 0 saturated carbocycles. The highest BCUT2D eigenvalue weighted by molar-refractivity contribution is 7.93. The predicted molar refractivity (Wildman–Crippen MR) is 88.6 cm³/mol. The molecule has 0 fully saturated rings. The Labute approximate surface area is 137 Å². The number of Topliss-reactive ketones (excluding diaryl/α,β-unsaturated/α-hetero) is 1. The second-order valence-corrected chi connectivity index (χ2v) is 7.99. The highest BCUT2D eigenvalue weighted by Crippen LogP contribution is 2.18. The second kappa shape index (κ2) is 6.88. The van der Waals surface area contributed by atoms with Crippen molar-refractivity contribution in [2.24, 2.45) is 4.36 Å². The van der Waals surface area contributed by atoms with Crippen molar-refractivity contribution in [3.05, 3.63) is 63.5 Å². The lowest BCUT2D eigenvalue weighted by Crippen LogP contribution is -2.00. The third-order valence-electron chi connectivity index (χ3n) is 2.74. The molecule has 0 N–H and O–H groups in total. The van der Waals surface area contributed by atoms with Gasteiger partial charge in [-0.05, 0) is 35.7 Å². The third kappa shape index (κ3) is 3.83. The minimum atomic E-state index is -2.74. The van der Waals surface area contributed by atoms with Gasteiger partial charge in [-0.15, -0.1) is 11.3 Å². The Balaban J connectivity index is 2.38. The highest BCUT2D eigenvalue weighted by Gasteiger charge is 2.13. The van der Waals surface area contributed by atoms with Crippen LogP contribution in [0.3, 0.4) is 0 Å². The number of thiophene rings is 1. The maximum Gasteiger partial charge on any atom is 0.215 e. The number of carbonyl (C=O) groups excluding carboxylic acids is 1. The van der Waals surface area contributed by atoms with Crippen LogP contribution in [0.1, 0.15) is 9.67 Å². The van der Waals surface area contributed by atoms with Gasteiger partial charge in [0.2, 0.25) is 5.78 Å². The molecule has 0 unspecified atom stereocenters. The lowest BCUT2D eigenvalue weighted by molar-refractivity contribution is 0.104. The Hall–Kier alpha value is -1.94. The zero-order valence-corrected chi connectivity index (χ0v) is 13.9. The number of hydrogen-bond acceptors (Lipinski definition) is 5. The number of hydrogen-bond donors (Lipinski definition) is 0. The van der Waals surface area contributed by atoms with Crippen LogP contribution < -0.4 is 0 Å². The van der Waals surface area contributed by atoms with Crippen LogP contribution in [0.2, 0.25) is 5.02 Å². The zero-order valence-electron chi connectivity index (χ0n) is 11.5. The summed E-state index contributed by atoms with van der Waals surface area (Å²) in [5, 5.41) is 11.4. The fourth-order valence-corrected chi connectivity index (χ4v) is 3.45. The molecule has 0 aliphatic carbocycles. The summed E-state index contributed by atoms with van der Waals surface area (Å²) >= 11 is 7.03. The van der Waals surface area contributed by atoms with Gasteiger partial charge in [0.25, 0.3) is 0 Å². The maximum absolute atomic E-state index is 12.6. The fourth-order valence-electron chi connectivity index (χ4n) is 1.58. The number of rotatable bonds is 4. The van der Waals surface area contributed by atoms with Crippen LogP contribution in [0.15, 0.2) is 62.8 Å². The van der Waals surface area contributed by atoms with Gasteiger partial charge in [-0.3, -0.25) is 4.79 Å². The van der Waals surface area contributed by atoms with Crippen LogP contribution in [-0.4, -0.2) is 16.2 Å². The van der Waals surface area contributed by atoms with Gasteiger partial charge < -0.3 is 0 Å². The van der Waals surface area contributed by atoms with Crippen LogP contribution in [0, 0.1) is 11.3 Å². The molecule has 0 bridgehead atoms. The zero-order chi connectivity index (χ0) is 16.2. The smallest absolute Gasteiger partial charge is 0.215 e. The van der Waals surface area contributed by atoms with Gasteiger partial charge in [0.05, 0.1) is 20.8 Å². The predicted octanol–water partition coefficient (Wildman–Crippen LogP) is 4.15. The van der Waals surface area contributed by atoms with Gasteiger partial charge in [-0.1, -0.05) is 17.7 Å². The summed E-state index contributed by atoms with van der Waals surface area (Å²) in [5.41, 5.74) is -0.147. The first-order valence-electron chi connectivity index (χ1n) is 6.09. The van der Waals surface area contributed by atoms with Crippen molar-refractivity contribution in [1.29, 1.82) is 5.26 Å². The number of nitriles is 1.